The third kappa shape index (κ3) is 2.47. The maximum Gasteiger partial charge on any atom is 0.0626 e. The number of aliphatic hydroxyl groups excluding tert-OH is 1. The van der Waals surface area contributed by atoms with E-state index in [0.29, 0.717) is 5.02 Å². The summed E-state index contributed by atoms with van der Waals surface area (Å²) in [6.45, 7) is 0.0837. The lowest BCUT2D eigenvalue weighted by molar-refractivity contribution is 0.298. The lowest BCUT2D eigenvalue weighted by Gasteiger charge is -2.05. The fraction of sp³-hybridized carbons (Fsp3) is 0.250. The highest BCUT2D eigenvalue weighted by molar-refractivity contribution is 9.09. The maximum absolute atomic E-state index is 8.79. The van der Waals surface area contributed by atoms with Gasteiger partial charge in [-0.05, 0) is 17.7 Å². The molecule has 0 saturated carbocycles. The molecule has 0 aliphatic carbocycles. The minimum atomic E-state index is -0.0128. The van der Waals surface area contributed by atoms with Crippen molar-refractivity contribution in [3.63, 3.8) is 0 Å². The van der Waals surface area contributed by atoms with Gasteiger partial charge < -0.3 is 5.11 Å². The predicted octanol–water partition coefficient (Wildman–Crippen LogP) is 2.77. The summed E-state index contributed by atoms with van der Waals surface area (Å²) in [5.74, 6) is 0. The topological polar surface area (TPSA) is 20.2 Å². The van der Waals surface area contributed by atoms with Crippen LogP contribution < -0.4 is 0 Å². The van der Waals surface area contributed by atoms with Gasteiger partial charge in [0.2, 0.25) is 0 Å². The van der Waals surface area contributed by atoms with E-state index < -0.39 is 0 Å². The standard InChI is InChI=1S/C8H8BrClO/c9-8(5-11)6-2-1-3-7(10)4-6/h1-4,8,11H,5H2/t8-/m1/s1. The fourth-order valence-corrected chi connectivity index (χ4v) is 1.29. The molecule has 1 aromatic carbocycles. The Hall–Kier alpha value is -0.0500. The number of rotatable bonds is 2. The van der Waals surface area contributed by atoms with Gasteiger partial charge in [-0.2, -0.15) is 0 Å². The zero-order chi connectivity index (χ0) is 8.27. The number of hydrogen-bond donors (Lipinski definition) is 1. The summed E-state index contributed by atoms with van der Waals surface area (Å²) in [7, 11) is 0. The van der Waals surface area contributed by atoms with Crippen LogP contribution in [0.4, 0.5) is 0 Å². The van der Waals surface area contributed by atoms with Crippen LogP contribution >= 0.6 is 27.5 Å². The van der Waals surface area contributed by atoms with Crippen molar-refractivity contribution in [2.24, 2.45) is 0 Å². The van der Waals surface area contributed by atoms with Crippen LogP contribution in [0.2, 0.25) is 5.02 Å². The lowest BCUT2D eigenvalue weighted by atomic mass is 10.2. The monoisotopic (exact) mass is 234 g/mol. The van der Waals surface area contributed by atoms with E-state index in [2.05, 4.69) is 15.9 Å². The Morgan fingerprint density at radius 3 is 2.82 bits per heavy atom. The van der Waals surface area contributed by atoms with E-state index in [1.54, 1.807) is 0 Å². The van der Waals surface area contributed by atoms with E-state index >= 15 is 0 Å². The highest BCUT2D eigenvalue weighted by Crippen LogP contribution is 2.23. The Balaban J connectivity index is 2.86. The molecular formula is C8H8BrClO. The Morgan fingerprint density at radius 1 is 1.55 bits per heavy atom. The fourth-order valence-electron chi connectivity index (χ4n) is 0.807. The number of halogens is 2. The Morgan fingerprint density at radius 2 is 2.27 bits per heavy atom. The summed E-state index contributed by atoms with van der Waals surface area (Å²) in [6.07, 6.45) is 0. The molecule has 60 valence electrons. The molecule has 0 aliphatic rings. The van der Waals surface area contributed by atoms with Crippen LogP contribution in [0.1, 0.15) is 10.4 Å². The normalized spacial score (nSPS) is 13.0. The largest absolute Gasteiger partial charge is 0.395 e. The molecular weight excluding hydrogens is 227 g/mol. The summed E-state index contributed by atoms with van der Waals surface area (Å²) >= 11 is 9.05. The average Bonchev–Trinajstić information content (AvgIpc) is 2.03. The molecule has 0 saturated heterocycles. The first-order valence-corrected chi connectivity index (χ1v) is 4.54. The zero-order valence-electron chi connectivity index (χ0n) is 5.80. The van der Waals surface area contributed by atoms with Crippen LogP contribution in [0.5, 0.6) is 0 Å². The minimum absolute atomic E-state index is 0.0128. The van der Waals surface area contributed by atoms with Gasteiger partial charge in [-0.3, -0.25) is 0 Å². The number of alkyl halides is 1. The first kappa shape index (κ1) is 9.04. The molecule has 1 nitrogen and oxygen atoms in total. The van der Waals surface area contributed by atoms with E-state index in [-0.39, 0.29) is 11.4 Å². The third-order valence-corrected chi connectivity index (χ3v) is 2.42. The Kier molecular flexibility index (Phi) is 3.37. The zero-order valence-corrected chi connectivity index (χ0v) is 8.14. The summed E-state index contributed by atoms with van der Waals surface area (Å²) in [6, 6.07) is 7.42. The van der Waals surface area contributed by atoms with Crippen molar-refractivity contribution in [3.8, 4) is 0 Å². The van der Waals surface area contributed by atoms with Gasteiger partial charge in [-0.25, -0.2) is 0 Å². The molecule has 3 heteroatoms. The van der Waals surface area contributed by atoms with Gasteiger partial charge in [0.25, 0.3) is 0 Å². The van der Waals surface area contributed by atoms with Crippen LogP contribution in [0.15, 0.2) is 24.3 Å². The molecule has 11 heavy (non-hydrogen) atoms. The summed E-state index contributed by atoms with van der Waals surface area (Å²) < 4.78 is 0. The Labute approximate surface area is 79.1 Å². The van der Waals surface area contributed by atoms with Crippen LogP contribution in [0, 0.1) is 0 Å². The molecule has 0 aliphatic heterocycles. The van der Waals surface area contributed by atoms with Gasteiger partial charge in [-0.1, -0.05) is 39.7 Å². The molecule has 1 N–H and O–H groups in total. The second kappa shape index (κ2) is 4.10. The van der Waals surface area contributed by atoms with E-state index in [0.717, 1.165) is 5.56 Å². The van der Waals surface area contributed by atoms with Gasteiger partial charge in [-0.15, -0.1) is 0 Å². The molecule has 0 spiro atoms. The molecule has 0 heterocycles. The summed E-state index contributed by atoms with van der Waals surface area (Å²) in [5.41, 5.74) is 1.00. The second-order valence-electron chi connectivity index (χ2n) is 2.21. The highest BCUT2D eigenvalue weighted by Gasteiger charge is 2.04. The van der Waals surface area contributed by atoms with Gasteiger partial charge in [0.05, 0.1) is 11.4 Å². The molecule has 1 atom stereocenters. The SMILES string of the molecule is OC[C@@H](Br)c1cccc(Cl)c1. The maximum atomic E-state index is 8.79. The highest BCUT2D eigenvalue weighted by atomic mass is 79.9. The molecule has 0 amide bonds. The summed E-state index contributed by atoms with van der Waals surface area (Å²) in [4.78, 5) is -0.0128. The van der Waals surface area contributed by atoms with Gasteiger partial charge in [0.1, 0.15) is 0 Å². The van der Waals surface area contributed by atoms with Crippen molar-refractivity contribution in [1.82, 2.24) is 0 Å². The van der Waals surface area contributed by atoms with Crippen molar-refractivity contribution in [2.75, 3.05) is 6.61 Å². The number of hydrogen-bond acceptors (Lipinski definition) is 1. The van der Waals surface area contributed by atoms with Crippen LogP contribution in [0.25, 0.3) is 0 Å². The molecule has 0 bridgehead atoms. The molecule has 0 radical (unpaired) electrons. The summed E-state index contributed by atoms with van der Waals surface area (Å²) in [5, 5.41) is 9.48. The van der Waals surface area contributed by atoms with Gasteiger partial charge in [0.15, 0.2) is 0 Å². The lowest BCUT2D eigenvalue weighted by Crippen LogP contribution is -1.94. The van der Waals surface area contributed by atoms with Crippen molar-refractivity contribution >= 4 is 27.5 Å². The Bertz CT molecular complexity index is 239. The van der Waals surface area contributed by atoms with Crippen LogP contribution in [-0.2, 0) is 0 Å². The molecule has 0 aromatic heterocycles. The molecule has 1 aromatic rings. The molecule has 0 fully saturated rings. The van der Waals surface area contributed by atoms with E-state index in [1.807, 2.05) is 24.3 Å². The van der Waals surface area contributed by atoms with Gasteiger partial charge in [0, 0.05) is 5.02 Å². The van der Waals surface area contributed by atoms with E-state index in [4.69, 9.17) is 16.7 Å². The van der Waals surface area contributed by atoms with Crippen molar-refractivity contribution in [3.05, 3.63) is 34.9 Å². The van der Waals surface area contributed by atoms with E-state index in [1.165, 1.54) is 0 Å². The van der Waals surface area contributed by atoms with E-state index in [9.17, 15) is 0 Å². The first-order chi connectivity index (χ1) is 5.24. The van der Waals surface area contributed by atoms with Crippen molar-refractivity contribution in [1.29, 1.82) is 0 Å². The third-order valence-electron chi connectivity index (χ3n) is 1.37. The quantitative estimate of drug-likeness (QED) is 0.782. The van der Waals surface area contributed by atoms with Crippen LogP contribution in [0.3, 0.4) is 0 Å². The molecule has 1 rings (SSSR count). The van der Waals surface area contributed by atoms with Crippen molar-refractivity contribution < 1.29 is 5.11 Å². The molecule has 0 unspecified atom stereocenters. The van der Waals surface area contributed by atoms with Gasteiger partial charge >= 0.3 is 0 Å². The van der Waals surface area contributed by atoms with Crippen LogP contribution in [-0.4, -0.2) is 11.7 Å². The number of benzene rings is 1. The van der Waals surface area contributed by atoms with Crippen molar-refractivity contribution in [2.45, 2.75) is 4.83 Å². The average molecular weight is 236 g/mol. The second-order valence-corrected chi connectivity index (χ2v) is 3.75. The minimum Gasteiger partial charge on any atom is -0.395 e. The number of aliphatic hydroxyl groups is 1. The predicted molar refractivity (Wildman–Crippen MR) is 50.2 cm³/mol. The first-order valence-electron chi connectivity index (χ1n) is 3.24. The smallest absolute Gasteiger partial charge is 0.0626 e.